The summed E-state index contributed by atoms with van der Waals surface area (Å²) in [6.07, 6.45) is 1.63. The molecule has 0 aliphatic heterocycles. The Balaban J connectivity index is 2.16. The highest BCUT2D eigenvalue weighted by atomic mass is 15.3. The molecule has 0 spiro atoms. The lowest BCUT2D eigenvalue weighted by Gasteiger charge is -2.17. The van der Waals surface area contributed by atoms with Gasteiger partial charge < -0.3 is 10.2 Å². The lowest BCUT2D eigenvalue weighted by atomic mass is 10.2. The second-order valence-corrected chi connectivity index (χ2v) is 5.08. The quantitative estimate of drug-likeness (QED) is 0.798. The number of hydrogen-bond donors (Lipinski definition) is 1. The average molecular weight is 303 g/mol. The number of rotatable bonds is 3. The molecule has 0 saturated heterocycles. The molecule has 0 aliphatic rings. The zero-order valence-corrected chi connectivity index (χ0v) is 12.6. The molecule has 1 N–H and O–H groups in total. The molecule has 0 aliphatic carbocycles. The Kier molecular flexibility index (Phi) is 3.54. The maximum absolute atomic E-state index is 9.56. The summed E-state index contributed by atoms with van der Waals surface area (Å²) in [6.45, 7) is 0. The monoisotopic (exact) mass is 303 g/mol. The van der Waals surface area contributed by atoms with Gasteiger partial charge in [-0.15, -0.1) is 0 Å². The van der Waals surface area contributed by atoms with Crippen molar-refractivity contribution < 1.29 is 0 Å². The molecular formula is C16H13N7. The zero-order valence-electron chi connectivity index (χ0n) is 12.6. The molecule has 7 nitrogen and oxygen atoms in total. The number of aromatic nitrogens is 3. The molecule has 2 heterocycles. The maximum atomic E-state index is 9.56. The normalized spacial score (nSPS) is 10.1. The molecule has 23 heavy (non-hydrogen) atoms. The van der Waals surface area contributed by atoms with Gasteiger partial charge in [0.1, 0.15) is 11.6 Å². The summed E-state index contributed by atoms with van der Waals surface area (Å²) in [5, 5.41) is 25.9. The van der Waals surface area contributed by atoms with Crippen molar-refractivity contribution in [3.63, 3.8) is 0 Å². The van der Waals surface area contributed by atoms with Crippen molar-refractivity contribution in [2.24, 2.45) is 0 Å². The van der Waals surface area contributed by atoms with Crippen LogP contribution in [0.2, 0.25) is 0 Å². The van der Waals surface area contributed by atoms with E-state index in [-0.39, 0.29) is 0 Å². The van der Waals surface area contributed by atoms with Crippen molar-refractivity contribution in [3.8, 4) is 12.1 Å². The first-order valence-corrected chi connectivity index (χ1v) is 6.86. The average Bonchev–Trinajstić information content (AvgIpc) is 3.03. The van der Waals surface area contributed by atoms with Gasteiger partial charge in [-0.2, -0.15) is 20.1 Å². The van der Waals surface area contributed by atoms with E-state index in [1.807, 2.05) is 14.1 Å². The van der Waals surface area contributed by atoms with Gasteiger partial charge in [-0.05, 0) is 24.3 Å². The third-order valence-electron chi connectivity index (χ3n) is 3.33. The molecule has 0 fully saturated rings. The summed E-state index contributed by atoms with van der Waals surface area (Å²) in [5.41, 5.74) is 2.37. The highest BCUT2D eigenvalue weighted by Crippen LogP contribution is 2.27. The van der Waals surface area contributed by atoms with Gasteiger partial charge in [0, 0.05) is 25.8 Å². The van der Waals surface area contributed by atoms with Crippen LogP contribution in [0.25, 0.3) is 5.65 Å². The van der Waals surface area contributed by atoms with E-state index in [1.165, 1.54) is 0 Å². The van der Waals surface area contributed by atoms with Gasteiger partial charge in [0.2, 0.25) is 0 Å². The molecule has 0 saturated carbocycles. The highest BCUT2D eigenvalue weighted by Gasteiger charge is 2.17. The fourth-order valence-corrected chi connectivity index (χ4v) is 2.24. The van der Waals surface area contributed by atoms with Gasteiger partial charge in [-0.25, -0.2) is 4.98 Å². The van der Waals surface area contributed by atoms with Crippen LogP contribution >= 0.6 is 0 Å². The van der Waals surface area contributed by atoms with Crippen LogP contribution in [0.3, 0.4) is 0 Å². The fraction of sp³-hybridized carbons (Fsp3) is 0.125. The van der Waals surface area contributed by atoms with E-state index in [9.17, 15) is 5.26 Å². The van der Waals surface area contributed by atoms with Gasteiger partial charge in [0.25, 0.3) is 0 Å². The van der Waals surface area contributed by atoms with Gasteiger partial charge >= 0.3 is 0 Å². The molecule has 0 unspecified atom stereocenters. The summed E-state index contributed by atoms with van der Waals surface area (Å²) in [5.74, 6) is 1.10. The van der Waals surface area contributed by atoms with Crippen molar-refractivity contribution in [1.29, 1.82) is 10.5 Å². The SMILES string of the molecule is CN(C)c1nc2ccnn2c(Nc2ccc(C#N)cc2)c1C#N. The minimum atomic E-state index is 0.399. The first-order chi connectivity index (χ1) is 11.1. The molecule has 1 aromatic carbocycles. The zero-order chi connectivity index (χ0) is 16.4. The molecule has 0 bridgehead atoms. The molecule has 2 aromatic heterocycles. The second-order valence-electron chi connectivity index (χ2n) is 5.08. The van der Waals surface area contributed by atoms with E-state index in [0.29, 0.717) is 28.4 Å². The predicted molar refractivity (Wildman–Crippen MR) is 86.5 cm³/mol. The second kappa shape index (κ2) is 5.66. The third kappa shape index (κ3) is 2.52. The Morgan fingerprint density at radius 1 is 1.09 bits per heavy atom. The molecular weight excluding hydrogens is 290 g/mol. The van der Waals surface area contributed by atoms with E-state index in [0.717, 1.165) is 5.69 Å². The Labute approximate surface area is 133 Å². The van der Waals surface area contributed by atoms with Crippen LogP contribution in [0.15, 0.2) is 36.5 Å². The molecule has 0 atom stereocenters. The summed E-state index contributed by atoms with van der Waals surface area (Å²) in [7, 11) is 3.67. The van der Waals surface area contributed by atoms with Crippen LogP contribution in [-0.2, 0) is 0 Å². The fourth-order valence-electron chi connectivity index (χ4n) is 2.24. The van der Waals surface area contributed by atoms with E-state index in [4.69, 9.17) is 5.26 Å². The summed E-state index contributed by atoms with van der Waals surface area (Å²) in [4.78, 5) is 6.24. The Morgan fingerprint density at radius 3 is 2.43 bits per heavy atom. The largest absolute Gasteiger partial charge is 0.361 e. The number of benzene rings is 1. The number of nitrogens with one attached hydrogen (secondary N) is 1. The first-order valence-electron chi connectivity index (χ1n) is 6.86. The van der Waals surface area contributed by atoms with Crippen molar-refractivity contribution in [1.82, 2.24) is 14.6 Å². The van der Waals surface area contributed by atoms with Crippen molar-refractivity contribution in [2.75, 3.05) is 24.3 Å². The molecule has 112 valence electrons. The van der Waals surface area contributed by atoms with Crippen LogP contribution in [0.4, 0.5) is 17.3 Å². The minimum Gasteiger partial charge on any atom is -0.361 e. The molecule has 7 heteroatoms. The molecule has 0 amide bonds. The van der Waals surface area contributed by atoms with E-state index in [2.05, 4.69) is 27.5 Å². The van der Waals surface area contributed by atoms with E-state index in [1.54, 1.807) is 45.9 Å². The predicted octanol–water partition coefficient (Wildman–Crippen LogP) is 2.28. The smallest absolute Gasteiger partial charge is 0.159 e. The van der Waals surface area contributed by atoms with Crippen molar-refractivity contribution in [3.05, 3.63) is 47.7 Å². The number of fused-ring (bicyclic) bond motifs is 1. The van der Waals surface area contributed by atoms with E-state index < -0.39 is 0 Å². The van der Waals surface area contributed by atoms with Gasteiger partial charge in [0.15, 0.2) is 17.3 Å². The van der Waals surface area contributed by atoms with Crippen LogP contribution in [0, 0.1) is 22.7 Å². The Morgan fingerprint density at radius 2 is 1.83 bits per heavy atom. The summed E-state index contributed by atoms with van der Waals surface area (Å²) >= 11 is 0. The van der Waals surface area contributed by atoms with Crippen molar-refractivity contribution >= 4 is 23.0 Å². The number of anilines is 3. The first kappa shape index (κ1) is 14.4. The number of nitrogens with zero attached hydrogens (tertiary/aromatic N) is 6. The topological polar surface area (TPSA) is 93.0 Å². The minimum absolute atomic E-state index is 0.399. The van der Waals surface area contributed by atoms with Gasteiger partial charge in [-0.3, -0.25) is 0 Å². The van der Waals surface area contributed by atoms with Crippen LogP contribution in [0.5, 0.6) is 0 Å². The van der Waals surface area contributed by atoms with Crippen LogP contribution < -0.4 is 10.2 Å². The number of hydrogen-bond acceptors (Lipinski definition) is 6. The van der Waals surface area contributed by atoms with Gasteiger partial charge in [-0.1, -0.05) is 0 Å². The maximum Gasteiger partial charge on any atom is 0.159 e. The summed E-state index contributed by atoms with van der Waals surface area (Å²) in [6, 6.07) is 13.0. The Hall–Kier alpha value is -3.58. The third-order valence-corrected chi connectivity index (χ3v) is 3.33. The van der Waals surface area contributed by atoms with Crippen molar-refractivity contribution in [2.45, 2.75) is 0 Å². The van der Waals surface area contributed by atoms with Crippen LogP contribution in [-0.4, -0.2) is 28.7 Å². The Bertz CT molecular complexity index is 939. The summed E-state index contributed by atoms with van der Waals surface area (Å²) < 4.78 is 1.59. The lowest BCUT2D eigenvalue weighted by Crippen LogP contribution is -2.16. The van der Waals surface area contributed by atoms with Gasteiger partial charge in [0.05, 0.1) is 17.8 Å². The molecule has 0 radical (unpaired) electrons. The lowest BCUT2D eigenvalue weighted by molar-refractivity contribution is 0.930. The molecule has 3 aromatic rings. The highest BCUT2D eigenvalue weighted by molar-refractivity contribution is 5.73. The van der Waals surface area contributed by atoms with Crippen LogP contribution in [0.1, 0.15) is 11.1 Å². The van der Waals surface area contributed by atoms with E-state index >= 15 is 0 Å². The molecule has 3 rings (SSSR count). The number of nitriles is 2. The standard InChI is InChI=1S/C16H13N7/c1-22(2)15-13(10-18)16(23-14(21-15)7-8-19-23)20-12-5-3-11(9-17)4-6-12/h3-8,20H,1-2H3.